The molecule has 0 N–H and O–H groups in total. The van der Waals surface area contributed by atoms with E-state index in [1.165, 1.54) is 0 Å². The number of carbonyl (C=O) groups excluding carboxylic acids is 1. The first kappa shape index (κ1) is 6.84. The van der Waals surface area contributed by atoms with Crippen molar-refractivity contribution in [3.63, 3.8) is 0 Å². The molecule has 0 saturated carbocycles. The number of allylic oxidation sites excluding steroid dienone is 4. The SMILES string of the molecule is [2H]/C(C)=C([2H])\C=C/CCCCC=O. The zero-order chi connectivity index (χ0) is 10.1. The van der Waals surface area contributed by atoms with E-state index in [1.54, 1.807) is 13.0 Å². The molecule has 0 amide bonds. The van der Waals surface area contributed by atoms with Gasteiger partial charge < -0.3 is 4.79 Å². The molecule has 0 aromatic rings. The molecule has 0 bridgehead atoms. The topological polar surface area (TPSA) is 17.1 Å². The fourth-order valence-electron chi connectivity index (χ4n) is 0.715. The minimum atomic E-state index is 0.260. The summed E-state index contributed by atoms with van der Waals surface area (Å²) in [7, 11) is 0. The van der Waals surface area contributed by atoms with Crippen LogP contribution >= 0.6 is 0 Å². The Bertz CT molecular complexity index is 203. The number of carbonyl (C=O) groups is 1. The molecule has 0 atom stereocenters. The maximum atomic E-state index is 9.95. The lowest BCUT2D eigenvalue weighted by molar-refractivity contribution is -0.107. The summed E-state index contributed by atoms with van der Waals surface area (Å²) < 4.78 is 14.4. The molecule has 0 radical (unpaired) electrons. The molecule has 0 aromatic heterocycles. The lowest BCUT2D eigenvalue weighted by atomic mass is 10.2. The second-order valence-electron chi connectivity index (χ2n) is 2.25. The third kappa shape index (κ3) is 9.15. The van der Waals surface area contributed by atoms with Crippen molar-refractivity contribution in [2.45, 2.75) is 32.6 Å². The predicted octanol–water partition coefficient (Wildman–Crippen LogP) is 2.88. The van der Waals surface area contributed by atoms with Gasteiger partial charge in [-0.15, -0.1) is 0 Å². The van der Waals surface area contributed by atoms with E-state index in [1.807, 2.05) is 6.08 Å². The van der Waals surface area contributed by atoms with Gasteiger partial charge in [-0.2, -0.15) is 0 Å². The molecule has 62 valence electrons. The second kappa shape index (κ2) is 9.15. The maximum Gasteiger partial charge on any atom is 0.119 e. The van der Waals surface area contributed by atoms with Crippen molar-refractivity contribution in [2.75, 3.05) is 0 Å². The third-order valence-corrected chi connectivity index (χ3v) is 1.29. The highest BCUT2D eigenvalue weighted by molar-refractivity contribution is 5.48. The molecule has 0 heterocycles. The fraction of sp³-hybridized carbons (Fsp3) is 0.500. The van der Waals surface area contributed by atoms with Crippen LogP contribution in [-0.4, -0.2) is 6.29 Å². The first-order chi connectivity index (χ1) is 6.18. The molecule has 0 saturated heterocycles. The van der Waals surface area contributed by atoms with Crippen LogP contribution in [0.25, 0.3) is 0 Å². The lowest BCUT2D eigenvalue weighted by Gasteiger charge is -1.88. The average Bonchev–Trinajstić information content (AvgIpc) is 2.10. The van der Waals surface area contributed by atoms with Gasteiger partial charge in [-0.3, -0.25) is 0 Å². The zero-order valence-corrected chi connectivity index (χ0v) is 6.97. The number of rotatable bonds is 6. The van der Waals surface area contributed by atoms with E-state index in [2.05, 4.69) is 0 Å². The van der Waals surface area contributed by atoms with Crippen LogP contribution in [0.3, 0.4) is 0 Å². The van der Waals surface area contributed by atoms with Crippen LogP contribution in [0.15, 0.2) is 24.3 Å². The van der Waals surface area contributed by atoms with Crippen LogP contribution in [0.1, 0.15) is 35.3 Å². The van der Waals surface area contributed by atoms with Gasteiger partial charge in [0.1, 0.15) is 6.29 Å². The Balaban J connectivity index is 3.53. The Morgan fingerprint density at radius 2 is 2.09 bits per heavy atom. The number of unbranched alkanes of at least 4 members (excludes halogenated alkanes) is 3. The van der Waals surface area contributed by atoms with E-state index in [9.17, 15) is 4.79 Å². The third-order valence-electron chi connectivity index (χ3n) is 1.29. The summed E-state index contributed by atoms with van der Waals surface area (Å²) in [4.78, 5) is 9.95. The molecule has 1 nitrogen and oxygen atoms in total. The molecule has 1 heteroatoms. The van der Waals surface area contributed by atoms with Crippen molar-refractivity contribution < 1.29 is 7.54 Å². The molecule has 0 spiro atoms. The molecule has 0 aliphatic rings. The van der Waals surface area contributed by atoms with Gasteiger partial charge in [-0.05, 0) is 26.2 Å². The largest absolute Gasteiger partial charge is 0.303 e. The summed E-state index contributed by atoms with van der Waals surface area (Å²) in [5, 5.41) is 0. The van der Waals surface area contributed by atoms with Crippen LogP contribution in [0.2, 0.25) is 0 Å². The van der Waals surface area contributed by atoms with Crippen LogP contribution < -0.4 is 0 Å². The van der Waals surface area contributed by atoms with Gasteiger partial charge in [-0.25, -0.2) is 0 Å². The van der Waals surface area contributed by atoms with Crippen LogP contribution in [-0.2, 0) is 4.79 Å². The smallest absolute Gasteiger partial charge is 0.119 e. The molecule has 0 aromatic carbocycles. The van der Waals surface area contributed by atoms with Gasteiger partial charge in [0.15, 0.2) is 0 Å². The minimum Gasteiger partial charge on any atom is -0.303 e. The van der Waals surface area contributed by atoms with E-state index in [4.69, 9.17) is 2.74 Å². The van der Waals surface area contributed by atoms with Gasteiger partial charge in [0.05, 0.1) is 2.74 Å². The molecule has 11 heavy (non-hydrogen) atoms. The van der Waals surface area contributed by atoms with Gasteiger partial charge >= 0.3 is 0 Å². The van der Waals surface area contributed by atoms with E-state index in [0.29, 0.717) is 6.42 Å². The summed E-state index contributed by atoms with van der Waals surface area (Å²) in [5.74, 6) is 0. The van der Waals surface area contributed by atoms with Gasteiger partial charge in [0, 0.05) is 6.42 Å². The molecule has 0 unspecified atom stereocenters. The Morgan fingerprint density at radius 3 is 2.73 bits per heavy atom. The highest BCUT2D eigenvalue weighted by Crippen LogP contribution is 1.98. The van der Waals surface area contributed by atoms with Crippen molar-refractivity contribution in [2.24, 2.45) is 0 Å². The predicted molar refractivity (Wildman–Crippen MR) is 48.5 cm³/mol. The minimum absolute atomic E-state index is 0.260. The van der Waals surface area contributed by atoms with Gasteiger partial charge in [0.2, 0.25) is 0 Å². The quantitative estimate of drug-likeness (QED) is 0.326. The Kier molecular flexibility index (Phi) is 5.69. The van der Waals surface area contributed by atoms with Crippen molar-refractivity contribution in [1.29, 1.82) is 0 Å². The Hall–Kier alpha value is -0.850. The van der Waals surface area contributed by atoms with Crippen LogP contribution in [0.4, 0.5) is 0 Å². The fourth-order valence-corrected chi connectivity index (χ4v) is 0.715. The summed E-state index contributed by atoms with van der Waals surface area (Å²) in [6, 6.07) is 0.541. The molecule has 0 aliphatic heterocycles. The zero-order valence-electron chi connectivity index (χ0n) is 8.97. The van der Waals surface area contributed by atoms with Crippen molar-refractivity contribution >= 4 is 6.29 Å². The molecular formula is C10H16O. The summed E-state index contributed by atoms with van der Waals surface area (Å²) in [6.07, 6.45) is 7.82. The first-order valence-corrected chi connectivity index (χ1v) is 3.92. The molecular weight excluding hydrogens is 136 g/mol. The van der Waals surface area contributed by atoms with E-state index in [0.717, 1.165) is 25.5 Å². The van der Waals surface area contributed by atoms with Gasteiger partial charge in [-0.1, -0.05) is 24.3 Å². The Morgan fingerprint density at radius 1 is 1.36 bits per heavy atom. The number of hydrogen-bond donors (Lipinski definition) is 0. The average molecular weight is 154 g/mol. The summed E-state index contributed by atoms with van der Waals surface area (Å²) >= 11 is 0. The van der Waals surface area contributed by atoms with Crippen molar-refractivity contribution in [3.8, 4) is 0 Å². The van der Waals surface area contributed by atoms with E-state index in [-0.39, 0.29) is 12.1 Å². The highest BCUT2D eigenvalue weighted by atomic mass is 16.1. The molecule has 0 fully saturated rings. The van der Waals surface area contributed by atoms with Crippen molar-refractivity contribution in [3.05, 3.63) is 24.3 Å². The van der Waals surface area contributed by atoms with Crippen LogP contribution in [0.5, 0.6) is 0 Å². The van der Waals surface area contributed by atoms with E-state index < -0.39 is 0 Å². The van der Waals surface area contributed by atoms with Crippen molar-refractivity contribution in [1.82, 2.24) is 0 Å². The first-order valence-electron chi connectivity index (χ1n) is 4.92. The van der Waals surface area contributed by atoms with Gasteiger partial charge in [0.25, 0.3) is 0 Å². The monoisotopic (exact) mass is 154 g/mol. The normalized spacial score (nSPS) is 15.7. The highest BCUT2D eigenvalue weighted by Gasteiger charge is 1.82. The standard InChI is InChI=1S/C10H16O/c1-2-3-4-5-6-7-8-9-10-11/h2-5,10H,6-9H2,1H3/b3-2+,5-4-/i2D,3D. The number of hydrogen-bond acceptors (Lipinski definition) is 1. The lowest BCUT2D eigenvalue weighted by Crippen LogP contribution is -1.75. The summed E-state index contributed by atoms with van der Waals surface area (Å²) in [6.45, 7) is 1.60. The maximum absolute atomic E-state index is 9.95. The van der Waals surface area contributed by atoms with Crippen LogP contribution in [0, 0.1) is 0 Å². The molecule has 0 aliphatic carbocycles. The van der Waals surface area contributed by atoms with E-state index >= 15 is 0 Å². The summed E-state index contributed by atoms with van der Waals surface area (Å²) in [5.41, 5.74) is 0. The second-order valence-corrected chi connectivity index (χ2v) is 2.25. The Labute approximate surface area is 71.6 Å². The molecule has 0 rings (SSSR count). The number of aldehydes is 1.